The van der Waals surface area contributed by atoms with E-state index in [4.69, 9.17) is 0 Å². The van der Waals surface area contributed by atoms with E-state index in [1.807, 2.05) is 0 Å². The van der Waals surface area contributed by atoms with Gasteiger partial charge in [-0.05, 0) is 18.8 Å². The Balaban J connectivity index is 1.98. The summed E-state index contributed by atoms with van der Waals surface area (Å²) in [6, 6.07) is 0. The third kappa shape index (κ3) is 1.21. The average molecular weight is 116 g/mol. The third-order valence-corrected chi connectivity index (χ3v) is 1.88. The zero-order chi connectivity index (χ0) is 5.98. The Morgan fingerprint density at radius 2 is 2.12 bits per heavy atom. The fraction of sp³-hybridized carbons (Fsp3) is 1.00. The van der Waals surface area contributed by atoms with Crippen LogP contribution < -0.4 is 0 Å². The molecule has 0 aromatic carbocycles. The highest BCUT2D eigenvalue weighted by Crippen LogP contribution is 2.33. The lowest BCUT2D eigenvalue weighted by Gasteiger charge is -2.28. The highest BCUT2D eigenvalue weighted by molar-refractivity contribution is 4.77. The van der Waals surface area contributed by atoms with Gasteiger partial charge in [0.25, 0.3) is 0 Å². The summed E-state index contributed by atoms with van der Waals surface area (Å²) in [5.41, 5.74) is 0. The Kier molecular flexibility index (Phi) is 1.87. The summed E-state index contributed by atoms with van der Waals surface area (Å²) in [4.78, 5) is 0. The molecule has 48 valence electrons. The van der Waals surface area contributed by atoms with Gasteiger partial charge in [-0.2, -0.15) is 0 Å². The molecule has 0 nitrogen and oxygen atoms in total. The molecule has 1 heteroatoms. The first-order valence-electron chi connectivity index (χ1n) is 3.47. The molecule has 0 N–H and O–H groups in total. The molecule has 1 aliphatic carbocycles. The molecule has 0 spiro atoms. The zero-order valence-electron chi connectivity index (χ0n) is 5.36. The van der Waals surface area contributed by atoms with E-state index in [0.29, 0.717) is 0 Å². The Morgan fingerprint density at radius 1 is 1.50 bits per heavy atom. The standard InChI is InChI=1S/C7H13F/c1-2-3-6-4-7(8)5-6/h6-7H,2-5H2,1H3. The first kappa shape index (κ1) is 6.06. The van der Waals surface area contributed by atoms with E-state index >= 15 is 0 Å². The van der Waals surface area contributed by atoms with Gasteiger partial charge in [-0.1, -0.05) is 19.8 Å². The number of alkyl halides is 1. The fourth-order valence-electron chi connectivity index (χ4n) is 1.30. The fourth-order valence-corrected chi connectivity index (χ4v) is 1.30. The van der Waals surface area contributed by atoms with Crippen LogP contribution in [0.3, 0.4) is 0 Å². The summed E-state index contributed by atoms with van der Waals surface area (Å²) in [7, 11) is 0. The van der Waals surface area contributed by atoms with E-state index in [9.17, 15) is 4.39 Å². The van der Waals surface area contributed by atoms with Gasteiger partial charge < -0.3 is 0 Å². The highest BCUT2D eigenvalue weighted by atomic mass is 19.1. The molecule has 1 rings (SSSR count). The van der Waals surface area contributed by atoms with Gasteiger partial charge >= 0.3 is 0 Å². The second-order valence-electron chi connectivity index (χ2n) is 2.72. The van der Waals surface area contributed by atoms with Gasteiger partial charge in [-0.15, -0.1) is 0 Å². The van der Waals surface area contributed by atoms with Crippen molar-refractivity contribution in [2.24, 2.45) is 5.92 Å². The molecular formula is C7H13F. The maximum atomic E-state index is 12.1. The van der Waals surface area contributed by atoms with Crippen LogP contribution in [0, 0.1) is 5.92 Å². The van der Waals surface area contributed by atoms with Gasteiger partial charge in [-0.25, -0.2) is 4.39 Å². The first-order chi connectivity index (χ1) is 3.83. The smallest absolute Gasteiger partial charge is 0.101 e. The molecule has 0 bridgehead atoms. The minimum atomic E-state index is -0.452. The van der Waals surface area contributed by atoms with Crippen molar-refractivity contribution in [2.75, 3.05) is 0 Å². The monoisotopic (exact) mass is 116 g/mol. The van der Waals surface area contributed by atoms with Gasteiger partial charge in [0, 0.05) is 0 Å². The molecule has 0 radical (unpaired) electrons. The van der Waals surface area contributed by atoms with E-state index in [-0.39, 0.29) is 0 Å². The molecule has 8 heavy (non-hydrogen) atoms. The SMILES string of the molecule is CCCC1CC(F)C1. The molecule has 0 aliphatic heterocycles. The van der Waals surface area contributed by atoms with Crippen molar-refractivity contribution in [1.29, 1.82) is 0 Å². The molecule has 1 saturated carbocycles. The van der Waals surface area contributed by atoms with Crippen molar-refractivity contribution < 1.29 is 4.39 Å². The molecule has 0 amide bonds. The van der Waals surface area contributed by atoms with Crippen LogP contribution in [0.15, 0.2) is 0 Å². The molecule has 0 saturated heterocycles. The minimum absolute atomic E-state index is 0.452. The maximum absolute atomic E-state index is 12.1. The Morgan fingerprint density at radius 3 is 2.50 bits per heavy atom. The van der Waals surface area contributed by atoms with E-state index in [1.165, 1.54) is 12.8 Å². The van der Waals surface area contributed by atoms with Crippen LogP contribution in [-0.2, 0) is 0 Å². The van der Waals surface area contributed by atoms with Crippen LogP contribution in [0.1, 0.15) is 32.6 Å². The van der Waals surface area contributed by atoms with Crippen molar-refractivity contribution in [3.63, 3.8) is 0 Å². The van der Waals surface area contributed by atoms with Gasteiger partial charge in [0.2, 0.25) is 0 Å². The molecule has 0 heterocycles. The van der Waals surface area contributed by atoms with Crippen LogP contribution >= 0.6 is 0 Å². The van der Waals surface area contributed by atoms with Gasteiger partial charge in [-0.3, -0.25) is 0 Å². The van der Waals surface area contributed by atoms with Crippen LogP contribution in [-0.4, -0.2) is 6.17 Å². The van der Waals surface area contributed by atoms with E-state index in [0.717, 1.165) is 18.8 Å². The van der Waals surface area contributed by atoms with Gasteiger partial charge in [0.05, 0.1) is 0 Å². The lowest BCUT2D eigenvalue weighted by molar-refractivity contribution is 0.124. The van der Waals surface area contributed by atoms with Crippen molar-refractivity contribution in [3.8, 4) is 0 Å². The Labute approximate surface area is 50.1 Å². The maximum Gasteiger partial charge on any atom is 0.101 e. The molecule has 0 unspecified atom stereocenters. The molecule has 0 atom stereocenters. The van der Waals surface area contributed by atoms with Crippen LogP contribution in [0.4, 0.5) is 4.39 Å². The predicted molar refractivity (Wildman–Crippen MR) is 32.5 cm³/mol. The van der Waals surface area contributed by atoms with E-state index < -0.39 is 6.17 Å². The summed E-state index contributed by atoms with van der Waals surface area (Å²) in [5, 5.41) is 0. The summed E-state index contributed by atoms with van der Waals surface area (Å²) >= 11 is 0. The van der Waals surface area contributed by atoms with Crippen LogP contribution in [0.2, 0.25) is 0 Å². The quantitative estimate of drug-likeness (QED) is 0.520. The number of rotatable bonds is 2. The molecular weight excluding hydrogens is 103 g/mol. The van der Waals surface area contributed by atoms with Crippen LogP contribution in [0.5, 0.6) is 0 Å². The molecule has 0 aromatic rings. The van der Waals surface area contributed by atoms with Crippen molar-refractivity contribution >= 4 is 0 Å². The Bertz CT molecular complexity index is 62.0. The van der Waals surface area contributed by atoms with Crippen molar-refractivity contribution in [2.45, 2.75) is 38.8 Å². The molecule has 0 aromatic heterocycles. The lowest BCUT2D eigenvalue weighted by atomic mass is 9.81. The molecule has 1 fully saturated rings. The normalized spacial score (nSPS) is 36.8. The van der Waals surface area contributed by atoms with E-state index in [1.54, 1.807) is 0 Å². The second-order valence-corrected chi connectivity index (χ2v) is 2.72. The van der Waals surface area contributed by atoms with E-state index in [2.05, 4.69) is 6.92 Å². The lowest BCUT2D eigenvalue weighted by Crippen LogP contribution is -2.24. The Hall–Kier alpha value is -0.0700. The van der Waals surface area contributed by atoms with Crippen molar-refractivity contribution in [3.05, 3.63) is 0 Å². The zero-order valence-corrected chi connectivity index (χ0v) is 5.36. The topological polar surface area (TPSA) is 0 Å². The van der Waals surface area contributed by atoms with Gasteiger partial charge in [0.15, 0.2) is 0 Å². The van der Waals surface area contributed by atoms with Crippen LogP contribution in [0.25, 0.3) is 0 Å². The highest BCUT2D eigenvalue weighted by Gasteiger charge is 2.27. The van der Waals surface area contributed by atoms with Gasteiger partial charge in [0.1, 0.15) is 6.17 Å². The number of hydrogen-bond donors (Lipinski definition) is 0. The summed E-state index contributed by atoms with van der Waals surface area (Å²) in [6.07, 6.45) is 3.69. The largest absolute Gasteiger partial charge is 0.247 e. The average Bonchev–Trinajstić information content (AvgIpc) is 1.64. The number of hydrogen-bond acceptors (Lipinski definition) is 0. The number of halogens is 1. The predicted octanol–water partition coefficient (Wildman–Crippen LogP) is 2.53. The second kappa shape index (κ2) is 2.47. The molecule has 1 aliphatic rings. The summed E-state index contributed by atoms with van der Waals surface area (Å²) in [5.74, 6) is 0.731. The third-order valence-electron chi connectivity index (χ3n) is 1.88. The summed E-state index contributed by atoms with van der Waals surface area (Å²) in [6.45, 7) is 2.16. The summed E-state index contributed by atoms with van der Waals surface area (Å²) < 4.78 is 12.1. The minimum Gasteiger partial charge on any atom is -0.247 e. The first-order valence-corrected chi connectivity index (χ1v) is 3.47. The van der Waals surface area contributed by atoms with Crippen molar-refractivity contribution in [1.82, 2.24) is 0 Å².